The average Bonchev–Trinajstić information content (AvgIpc) is 2.49. The van der Waals surface area contributed by atoms with Crippen LogP contribution in [0.4, 0.5) is 0 Å². The van der Waals surface area contributed by atoms with E-state index in [1.54, 1.807) is 7.11 Å². The van der Waals surface area contributed by atoms with Crippen LogP contribution < -0.4 is 5.32 Å². The van der Waals surface area contributed by atoms with E-state index in [0.29, 0.717) is 25.2 Å². The smallest absolute Gasteiger partial charge is 0.0991 e. The molecule has 1 aliphatic rings. The second-order valence-corrected chi connectivity index (χ2v) is 6.02. The number of rotatable bonds is 13. The lowest BCUT2D eigenvalue weighted by Crippen LogP contribution is -2.60. The molecule has 0 aromatic carbocycles. The standard InChI is InChI=1S/C17H35NO3/c1-5-8-9-14(6-2)13-21-16-12-15(18-7-3)17(16)20-11-10-19-4/h14-18H,5-13H2,1-4H3. The van der Waals surface area contributed by atoms with E-state index in [9.17, 15) is 0 Å². The van der Waals surface area contributed by atoms with Crippen LogP contribution >= 0.6 is 0 Å². The molecule has 0 aromatic heterocycles. The van der Waals surface area contributed by atoms with E-state index in [-0.39, 0.29) is 12.2 Å². The fourth-order valence-corrected chi connectivity index (χ4v) is 2.86. The van der Waals surface area contributed by atoms with Crippen molar-refractivity contribution in [1.82, 2.24) is 5.32 Å². The van der Waals surface area contributed by atoms with Crippen molar-refractivity contribution in [3.63, 3.8) is 0 Å². The van der Waals surface area contributed by atoms with Crippen LogP contribution in [0.5, 0.6) is 0 Å². The first kappa shape index (κ1) is 18.9. The molecule has 1 rings (SSSR count). The minimum absolute atomic E-state index is 0.184. The lowest BCUT2D eigenvalue weighted by molar-refractivity contribution is -0.157. The van der Waals surface area contributed by atoms with Gasteiger partial charge in [0.1, 0.15) is 0 Å². The van der Waals surface area contributed by atoms with Crippen LogP contribution in [-0.4, -0.2) is 51.7 Å². The highest BCUT2D eigenvalue weighted by Crippen LogP contribution is 2.28. The van der Waals surface area contributed by atoms with E-state index < -0.39 is 0 Å². The third-order valence-corrected chi connectivity index (χ3v) is 4.40. The summed E-state index contributed by atoms with van der Waals surface area (Å²) < 4.78 is 17.1. The lowest BCUT2D eigenvalue weighted by Gasteiger charge is -2.44. The van der Waals surface area contributed by atoms with Gasteiger partial charge < -0.3 is 19.5 Å². The minimum atomic E-state index is 0.184. The summed E-state index contributed by atoms with van der Waals surface area (Å²) in [5.74, 6) is 0.697. The lowest BCUT2D eigenvalue weighted by atomic mass is 9.85. The SMILES string of the molecule is CCCCC(CC)COC1CC(NCC)C1OCCOC. The Kier molecular flexibility index (Phi) is 10.3. The highest BCUT2D eigenvalue weighted by molar-refractivity contribution is 4.97. The number of methoxy groups -OCH3 is 1. The summed E-state index contributed by atoms with van der Waals surface area (Å²) in [4.78, 5) is 0. The van der Waals surface area contributed by atoms with Crippen molar-refractivity contribution in [2.75, 3.05) is 33.5 Å². The van der Waals surface area contributed by atoms with Gasteiger partial charge in [-0.1, -0.05) is 40.0 Å². The molecule has 1 aliphatic carbocycles. The van der Waals surface area contributed by atoms with Crippen LogP contribution in [0.15, 0.2) is 0 Å². The zero-order chi connectivity index (χ0) is 15.5. The molecular weight excluding hydrogens is 266 g/mol. The number of hydrogen-bond donors (Lipinski definition) is 1. The molecule has 0 amide bonds. The maximum absolute atomic E-state index is 6.14. The van der Waals surface area contributed by atoms with Crippen LogP contribution in [0, 0.1) is 5.92 Å². The Morgan fingerprint density at radius 3 is 2.57 bits per heavy atom. The Labute approximate surface area is 130 Å². The van der Waals surface area contributed by atoms with Gasteiger partial charge in [-0.2, -0.15) is 0 Å². The van der Waals surface area contributed by atoms with E-state index in [1.807, 2.05) is 0 Å². The Morgan fingerprint density at radius 2 is 1.95 bits per heavy atom. The van der Waals surface area contributed by atoms with E-state index in [1.165, 1.54) is 25.7 Å². The Hall–Kier alpha value is -0.160. The van der Waals surface area contributed by atoms with Gasteiger partial charge in [0.15, 0.2) is 0 Å². The molecule has 4 unspecified atom stereocenters. The summed E-state index contributed by atoms with van der Waals surface area (Å²) in [7, 11) is 1.71. The van der Waals surface area contributed by atoms with Crippen LogP contribution in [0.25, 0.3) is 0 Å². The third kappa shape index (κ3) is 6.64. The number of likely N-dealkylation sites (N-methyl/N-ethyl adjacent to an activating group) is 1. The van der Waals surface area contributed by atoms with E-state index in [2.05, 4.69) is 26.1 Å². The molecule has 1 saturated carbocycles. The number of nitrogens with one attached hydrogen (secondary N) is 1. The Bertz CT molecular complexity index is 250. The van der Waals surface area contributed by atoms with Crippen LogP contribution in [-0.2, 0) is 14.2 Å². The molecule has 126 valence electrons. The quantitative estimate of drug-likeness (QED) is 0.531. The first-order valence-electron chi connectivity index (χ1n) is 8.72. The molecule has 4 heteroatoms. The van der Waals surface area contributed by atoms with Crippen molar-refractivity contribution < 1.29 is 14.2 Å². The predicted molar refractivity (Wildman–Crippen MR) is 86.7 cm³/mol. The predicted octanol–water partition coefficient (Wildman–Crippen LogP) is 3.00. The first-order chi connectivity index (χ1) is 10.3. The average molecular weight is 301 g/mol. The fourth-order valence-electron chi connectivity index (χ4n) is 2.86. The van der Waals surface area contributed by atoms with Crippen molar-refractivity contribution >= 4 is 0 Å². The minimum Gasteiger partial charge on any atom is -0.382 e. The number of hydrogen-bond acceptors (Lipinski definition) is 4. The molecule has 4 atom stereocenters. The monoisotopic (exact) mass is 301 g/mol. The zero-order valence-corrected chi connectivity index (χ0v) is 14.4. The number of ether oxygens (including phenoxy) is 3. The highest BCUT2D eigenvalue weighted by Gasteiger charge is 2.42. The van der Waals surface area contributed by atoms with Crippen LogP contribution in [0.1, 0.15) is 52.9 Å². The van der Waals surface area contributed by atoms with Gasteiger partial charge in [-0.15, -0.1) is 0 Å². The fraction of sp³-hybridized carbons (Fsp3) is 1.00. The maximum atomic E-state index is 6.14. The zero-order valence-electron chi connectivity index (χ0n) is 14.4. The topological polar surface area (TPSA) is 39.7 Å². The second kappa shape index (κ2) is 11.4. The van der Waals surface area contributed by atoms with Gasteiger partial charge in [-0.05, 0) is 25.3 Å². The number of unbranched alkanes of at least 4 members (excludes halogenated alkanes) is 1. The molecule has 0 aliphatic heterocycles. The van der Waals surface area contributed by atoms with Gasteiger partial charge in [-0.3, -0.25) is 0 Å². The molecule has 0 heterocycles. The first-order valence-corrected chi connectivity index (χ1v) is 8.72. The molecule has 0 saturated heterocycles. The molecular formula is C17H35NO3. The summed E-state index contributed by atoms with van der Waals surface area (Å²) >= 11 is 0. The van der Waals surface area contributed by atoms with Crippen molar-refractivity contribution in [1.29, 1.82) is 0 Å². The summed E-state index contributed by atoms with van der Waals surface area (Å²) in [6.07, 6.45) is 6.57. The van der Waals surface area contributed by atoms with Gasteiger partial charge in [0.2, 0.25) is 0 Å². The van der Waals surface area contributed by atoms with Crippen molar-refractivity contribution in [3.8, 4) is 0 Å². The van der Waals surface area contributed by atoms with Gasteiger partial charge in [0.25, 0.3) is 0 Å². The van der Waals surface area contributed by atoms with Crippen molar-refractivity contribution in [2.24, 2.45) is 5.92 Å². The summed E-state index contributed by atoms with van der Waals surface area (Å²) in [6.45, 7) is 9.81. The summed E-state index contributed by atoms with van der Waals surface area (Å²) in [5, 5.41) is 3.48. The molecule has 0 spiro atoms. The molecule has 1 N–H and O–H groups in total. The largest absolute Gasteiger partial charge is 0.382 e. The van der Waals surface area contributed by atoms with Gasteiger partial charge in [-0.25, -0.2) is 0 Å². The normalized spacial score (nSPS) is 26.6. The third-order valence-electron chi connectivity index (χ3n) is 4.40. The van der Waals surface area contributed by atoms with Crippen LogP contribution in [0.3, 0.4) is 0 Å². The molecule has 0 radical (unpaired) electrons. The second-order valence-electron chi connectivity index (χ2n) is 6.02. The molecule has 4 nitrogen and oxygen atoms in total. The van der Waals surface area contributed by atoms with Crippen molar-refractivity contribution in [2.45, 2.75) is 71.1 Å². The molecule has 21 heavy (non-hydrogen) atoms. The van der Waals surface area contributed by atoms with E-state index >= 15 is 0 Å². The van der Waals surface area contributed by atoms with Gasteiger partial charge in [0, 0.05) is 19.8 Å². The van der Waals surface area contributed by atoms with E-state index in [4.69, 9.17) is 14.2 Å². The highest BCUT2D eigenvalue weighted by atomic mass is 16.6. The van der Waals surface area contributed by atoms with Gasteiger partial charge >= 0.3 is 0 Å². The van der Waals surface area contributed by atoms with Crippen LogP contribution in [0.2, 0.25) is 0 Å². The molecule has 0 aromatic rings. The maximum Gasteiger partial charge on any atom is 0.0991 e. The Morgan fingerprint density at radius 1 is 1.14 bits per heavy atom. The summed E-state index contributed by atoms with van der Waals surface area (Å²) in [6, 6.07) is 0.438. The molecule has 0 bridgehead atoms. The summed E-state index contributed by atoms with van der Waals surface area (Å²) in [5.41, 5.74) is 0. The van der Waals surface area contributed by atoms with Gasteiger partial charge in [0.05, 0.1) is 25.4 Å². The molecule has 1 fully saturated rings. The Balaban J connectivity index is 2.30. The van der Waals surface area contributed by atoms with Crippen molar-refractivity contribution in [3.05, 3.63) is 0 Å². The van der Waals surface area contributed by atoms with E-state index in [0.717, 1.165) is 19.6 Å².